The number of nitrogens with two attached hydrogens (primary N) is 2. The zero-order chi connectivity index (χ0) is 13.7. The number of amides is 2. The molecule has 0 aromatic rings. The van der Waals surface area contributed by atoms with E-state index >= 15 is 0 Å². The number of primary amides is 2. The average Bonchev–Trinajstić information content (AvgIpc) is 2.31. The first-order chi connectivity index (χ1) is 8.40. The van der Waals surface area contributed by atoms with E-state index in [0.717, 1.165) is 26.2 Å². The molecule has 1 heterocycles. The molecule has 1 aliphatic heterocycles. The number of carbonyl (C=O) groups excluding carboxylic acids is 2. The van der Waals surface area contributed by atoms with Crippen LogP contribution >= 0.6 is 0 Å². The van der Waals surface area contributed by atoms with Crippen molar-refractivity contribution in [3.05, 3.63) is 23.5 Å². The maximum Gasteiger partial charge on any atom is 0.245 e. The molecule has 1 fully saturated rings. The van der Waals surface area contributed by atoms with Crippen LogP contribution in [-0.2, 0) is 9.59 Å². The molecule has 2 amide bonds. The van der Waals surface area contributed by atoms with Gasteiger partial charge in [-0.3, -0.25) is 9.59 Å². The van der Waals surface area contributed by atoms with Crippen LogP contribution in [0.3, 0.4) is 0 Å². The average molecular weight is 252 g/mol. The Morgan fingerprint density at radius 2 is 1.11 bits per heavy atom. The van der Waals surface area contributed by atoms with Gasteiger partial charge in [-0.1, -0.05) is 0 Å². The van der Waals surface area contributed by atoms with E-state index in [2.05, 4.69) is 0 Å². The Morgan fingerprint density at radius 1 is 0.833 bits per heavy atom. The largest absolute Gasteiger partial charge is 0.373 e. The van der Waals surface area contributed by atoms with E-state index < -0.39 is 11.8 Å². The molecular formula is C12H20N4O2. The van der Waals surface area contributed by atoms with Crippen molar-refractivity contribution in [1.82, 2.24) is 9.80 Å². The van der Waals surface area contributed by atoms with E-state index in [1.807, 2.05) is 9.80 Å². The highest BCUT2D eigenvalue weighted by Gasteiger charge is 2.13. The Hall–Kier alpha value is -1.98. The predicted octanol–water partition coefficient (Wildman–Crippen LogP) is -0.618. The first-order valence-corrected chi connectivity index (χ1v) is 5.84. The van der Waals surface area contributed by atoms with E-state index in [9.17, 15) is 9.59 Å². The first-order valence-electron chi connectivity index (χ1n) is 5.84. The maximum atomic E-state index is 10.9. The summed E-state index contributed by atoms with van der Waals surface area (Å²) in [5.74, 6) is -0.802. The van der Waals surface area contributed by atoms with Gasteiger partial charge in [0.05, 0.1) is 0 Å². The molecule has 1 aliphatic rings. The van der Waals surface area contributed by atoms with Crippen LogP contribution < -0.4 is 11.5 Å². The van der Waals surface area contributed by atoms with Gasteiger partial charge < -0.3 is 21.3 Å². The highest BCUT2D eigenvalue weighted by Crippen LogP contribution is 2.06. The molecule has 0 aliphatic carbocycles. The van der Waals surface area contributed by atoms with E-state index in [-0.39, 0.29) is 0 Å². The molecule has 1 saturated heterocycles. The summed E-state index contributed by atoms with van der Waals surface area (Å²) < 4.78 is 0. The quantitative estimate of drug-likeness (QED) is 0.652. The third-order valence-corrected chi connectivity index (χ3v) is 2.88. The Kier molecular flexibility index (Phi) is 4.76. The number of hydrogen-bond donors (Lipinski definition) is 2. The smallest absolute Gasteiger partial charge is 0.245 e. The lowest BCUT2D eigenvalue weighted by Crippen LogP contribution is -2.42. The first kappa shape index (κ1) is 14.1. The summed E-state index contributed by atoms with van der Waals surface area (Å²) in [5.41, 5.74) is 11.4. The molecule has 100 valence electrons. The van der Waals surface area contributed by atoms with Crippen LogP contribution in [0.25, 0.3) is 0 Å². The highest BCUT2D eigenvalue weighted by molar-refractivity contribution is 5.91. The monoisotopic (exact) mass is 252 g/mol. The van der Waals surface area contributed by atoms with E-state index in [4.69, 9.17) is 11.5 Å². The van der Waals surface area contributed by atoms with Crippen molar-refractivity contribution >= 4 is 11.8 Å². The number of carbonyl (C=O) groups is 2. The van der Waals surface area contributed by atoms with Crippen molar-refractivity contribution in [2.75, 3.05) is 26.2 Å². The lowest BCUT2D eigenvalue weighted by molar-refractivity contribution is -0.115. The molecule has 0 aromatic carbocycles. The van der Waals surface area contributed by atoms with Crippen molar-refractivity contribution in [2.24, 2.45) is 11.5 Å². The molecule has 6 nitrogen and oxygen atoms in total. The number of piperazine rings is 1. The maximum absolute atomic E-state index is 10.9. The van der Waals surface area contributed by atoms with E-state index in [1.165, 1.54) is 0 Å². The topological polar surface area (TPSA) is 92.7 Å². The Morgan fingerprint density at radius 3 is 1.33 bits per heavy atom. The van der Waals surface area contributed by atoms with Crippen LogP contribution in [0.4, 0.5) is 0 Å². The van der Waals surface area contributed by atoms with Gasteiger partial charge in [-0.25, -0.2) is 0 Å². The third kappa shape index (κ3) is 4.12. The van der Waals surface area contributed by atoms with Crippen LogP contribution in [0.1, 0.15) is 13.8 Å². The van der Waals surface area contributed by atoms with Crippen LogP contribution in [0.5, 0.6) is 0 Å². The Balaban J connectivity index is 2.52. The summed E-state index contributed by atoms with van der Waals surface area (Å²) in [7, 11) is 0. The zero-order valence-electron chi connectivity index (χ0n) is 10.8. The van der Waals surface area contributed by atoms with Crippen molar-refractivity contribution in [1.29, 1.82) is 0 Å². The fourth-order valence-electron chi connectivity index (χ4n) is 1.67. The Labute approximate surface area is 107 Å². The summed E-state index contributed by atoms with van der Waals surface area (Å²) >= 11 is 0. The standard InChI is InChI=1S/C12H20N4O2/c1-9(11(13)17)7-15-3-5-16(6-4-15)8-10(2)12(14)18/h7-8H,3-6H2,1-2H3,(H2,13,17)(H2,14,18). The fourth-order valence-corrected chi connectivity index (χ4v) is 1.67. The number of rotatable bonds is 4. The second kappa shape index (κ2) is 6.09. The number of nitrogens with zero attached hydrogens (tertiary/aromatic N) is 2. The van der Waals surface area contributed by atoms with Gasteiger partial charge in [0.1, 0.15) is 0 Å². The molecule has 0 bridgehead atoms. The van der Waals surface area contributed by atoms with Crippen molar-refractivity contribution in [3.8, 4) is 0 Å². The molecule has 0 atom stereocenters. The van der Waals surface area contributed by atoms with Gasteiger partial charge in [-0.2, -0.15) is 0 Å². The van der Waals surface area contributed by atoms with Gasteiger partial charge >= 0.3 is 0 Å². The van der Waals surface area contributed by atoms with Gasteiger partial charge in [0.25, 0.3) is 0 Å². The van der Waals surface area contributed by atoms with Crippen molar-refractivity contribution in [3.63, 3.8) is 0 Å². The minimum atomic E-state index is -0.401. The summed E-state index contributed by atoms with van der Waals surface area (Å²) in [6, 6.07) is 0. The molecule has 18 heavy (non-hydrogen) atoms. The molecule has 0 saturated carbocycles. The lowest BCUT2D eigenvalue weighted by atomic mass is 10.2. The predicted molar refractivity (Wildman–Crippen MR) is 69.0 cm³/mol. The second-order valence-corrected chi connectivity index (χ2v) is 4.42. The molecule has 1 rings (SSSR count). The van der Waals surface area contributed by atoms with Crippen LogP contribution in [0, 0.1) is 0 Å². The summed E-state index contributed by atoms with van der Waals surface area (Å²) in [6.45, 7) is 6.54. The van der Waals surface area contributed by atoms with Crippen molar-refractivity contribution < 1.29 is 9.59 Å². The SMILES string of the molecule is CC(=CN1CCN(C=C(C)C(N)=O)CC1)C(N)=O. The van der Waals surface area contributed by atoms with Gasteiger partial charge in [-0.05, 0) is 13.8 Å². The van der Waals surface area contributed by atoms with Gasteiger partial charge in [0.15, 0.2) is 0 Å². The molecule has 0 aromatic heterocycles. The van der Waals surface area contributed by atoms with Crippen LogP contribution in [0.2, 0.25) is 0 Å². The summed E-state index contributed by atoms with van der Waals surface area (Å²) in [5, 5.41) is 0. The molecule has 6 heteroatoms. The van der Waals surface area contributed by atoms with Crippen molar-refractivity contribution in [2.45, 2.75) is 13.8 Å². The van der Waals surface area contributed by atoms with Gasteiger partial charge in [-0.15, -0.1) is 0 Å². The second-order valence-electron chi connectivity index (χ2n) is 4.42. The van der Waals surface area contributed by atoms with E-state index in [1.54, 1.807) is 26.2 Å². The third-order valence-electron chi connectivity index (χ3n) is 2.88. The summed E-state index contributed by atoms with van der Waals surface area (Å²) in [6.07, 6.45) is 3.56. The minimum absolute atomic E-state index is 0.401. The molecule has 0 radical (unpaired) electrons. The highest BCUT2D eigenvalue weighted by atomic mass is 16.1. The minimum Gasteiger partial charge on any atom is -0.373 e. The normalized spacial score (nSPS) is 17.9. The zero-order valence-corrected chi connectivity index (χ0v) is 10.8. The van der Waals surface area contributed by atoms with Gasteiger partial charge in [0.2, 0.25) is 11.8 Å². The van der Waals surface area contributed by atoms with Crippen LogP contribution in [0.15, 0.2) is 23.5 Å². The Bertz CT molecular complexity index is 355. The number of hydrogen-bond acceptors (Lipinski definition) is 4. The molecular weight excluding hydrogens is 232 g/mol. The van der Waals surface area contributed by atoms with Gasteiger partial charge in [0, 0.05) is 49.7 Å². The van der Waals surface area contributed by atoms with E-state index in [0.29, 0.717) is 11.1 Å². The molecule has 0 spiro atoms. The summed E-state index contributed by atoms with van der Waals surface area (Å²) in [4.78, 5) is 25.9. The molecule has 0 unspecified atom stereocenters. The lowest BCUT2D eigenvalue weighted by Gasteiger charge is -2.34. The fraction of sp³-hybridized carbons (Fsp3) is 0.500. The molecule has 4 N–H and O–H groups in total. The van der Waals surface area contributed by atoms with Crippen LogP contribution in [-0.4, -0.2) is 47.8 Å².